The van der Waals surface area contributed by atoms with Crippen molar-refractivity contribution in [1.82, 2.24) is 10.2 Å². The van der Waals surface area contributed by atoms with Gasteiger partial charge in [0.15, 0.2) is 5.03 Å². The molecule has 1 aromatic heterocycles. The molecule has 8 heteroatoms. The normalized spacial score (nSPS) is 11.1. The highest BCUT2D eigenvalue weighted by molar-refractivity contribution is 7.92. The standard InChI is InChI=1S/C17H16N4O3S/c1-12-7-9-14(10-8-12)21-25(23,24)17-15(11-18-20-17)16(22)19-13-5-3-2-4-6-13/h2-11,21H,1H3,(H,18,20)(H,19,22). The number of aryl methyl sites for hydroxylation is 1. The van der Waals surface area contributed by atoms with Crippen LogP contribution in [0.5, 0.6) is 0 Å². The van der Waals surface area contributed by atoms with Crippen LogP contribution in [0.25, 0.3) is 0 Å². The van der Waals surface area contributed by atoms with E-state index in [0.717, 1.165) is 5.56 Å². The number of aromatic amines is 1. The van der Waals surface area contributed by atoms with E-state index in [1.54, 1.807) is 48.5 Å². The highest BCUT2D eigenvalue weighted by Gasteiger charge is 2.25. The van der Waals surface area contributed by atoms with Crippen LogP contribution in [0, 0.1) is 6.92 Å². The summed E-state index contributed by atoms with van der Waals surface area (Å²) in [6, 6.07) is 15.6. The summed E-state index contributed by atoms with van der Waals surface area (Å²) in [5, 5.41) is 8.43. The minimum atomic E-state index is -3.98. The summed E-state index contributed by atoms with van der Waals surface area (Å²) in [6.07, 6.45) is 1.18. The summed E-state index contributed by atoms with van der Waals surface area (Å²) in [7, 11) is -3.98. The van der Waals surface area contributed by atoms with Gasteiger partial charge < -0.3 is 5.32 Å². The van der Waals surface area contributed by atoms with Crippen LogP contribution in [0.1, 0.15) is 15.9 Å². The fourth-order valence-electron chi connectivity index (χ4n) is 2.19. The molecule has 25 heavy (non-hydrogen) atoms. The van der Waals surface area contributed by atoms with Crippen molar-refractivity contribution in [2.24, 2.45) is 0 Å². The van der Waals surface area contributed by atoms with Crippen molar-refractivity contribution in [3.63, 3.8) is 0 Å². The third-order valence-electron chi connectivity index (χ3n) is 3.45. The van der Waals surface area contributed by atoms with Crippen LogP contribution in [0.4, 0.5) is 11.4 Å². The summed E-state index contributed by atoms with van der Waals surface area (Å²) in [4.78, 5) is 12.4. The van der Waals surface area contributed by atoms with Gasteiger partial charge in [-0.25, -0.2) is 0 Å². The van der Waals surface area contributed by atoms with Gasteiger partial charge in [-0.3, -0.25) is 14.6 Å². The number of para-hydroxylation sites is 1. The molecule has 128 valence electrons. The fourth-order valence-corrected chi connectivity index (χ4v) is 3.34. The van der Waals surface area contributed by atoms with Crippen LogP contribution in [-0.4, -0.2) is 24.5 Å². The second-order valence-corrected chi connectivity index (χ2v) is 7.02. The van der Waals surface area contributed by atoms with E-state index >= 15 is 0 Å². The Kier molecular flexibility index (Phi) is 4.53. The lowest BCUT2D eigenvalue weighted by atomic mass is 10.2. The maximum Gasteiger partial charge on any atom is 0.279 e. The van der Waals surface area contributed by atoms with Crippen molar-refractivity contribution in [2.75, 3.05) is 10.0 Å². The minimum Gasteiger partial charge on any atom is -0.322 e. The molecule has 3 rings (SSSR count). The van der Waals surface area contributed by atoms with Gasteiger partial charge in [0.05, 0.1) is 11.8 Å². The van der Waals surface area contributed by atoms with E-state index in [2.05, 4.69) is 20.2 Å². The Morgan fingerprint density at radius 1 is 1.00 bits per heavy atom. The molecule has 0 bridgehead atoms. The second kappa shape index (κ2) is 6.78. The van der Waals surface area contributed by atoms with E-state index in [1.807, 2.05) is 13.0 Å². The Morgan fingerprint density at radius 3 is 2.36 bits per heavy atom. The molecule has 1 heterocycles. The molecule has 0 aliphatic carbocycles. The molecule has 0 atom stereocenters. The molecule has 0 saturated heterocycles. The van der Waals surface area contributed by atoms with E-state index in [0.29, 0.717) is 11.4 Å². The van der Waals surface area contributed by atoms with E-state index in [-0.39, 0.29) is 10.6 Å². The zero-order valence-electron chi connectivity index (χ0n) is 13.4. The highest BCUT2D eigenvalue weighted by atomic mass is 32.2. The first kappa shape index (κ1) is 16.7. The van der Waals surface area contributed by atoms with Crippen LogP contribution < -0.4 is 10.0 Å². The van der Waals surface area contributed by atoms with E-state index in [9.17, 15) is 13.2 Å². The molecular weight excluding hydrogens is 340 g/mol. The number of carbonyl (C=O) groups is 1. The molecule has 7 nitrogen and oxygen atoms in total. The Balaban J connectivity index is 1.84. The van der Waals surface area contributed by atoms with Gasteiger partial charge in [0.2, 0.25) is 0 Å². The van der Waals surface area contributed by atoms with Gasteiger partial charge in [-0.15, -0.1) is 0 Å². The average Bonchev–Trinajstić information content (AvgIpc) is 3.09. The van der Waals surface area contributed by atoms with Crippen LogP contribution in [0.2, 0.25) is 0 Å². The molecule has 0 fully saturated rings. The number of benzene rings is 2. The SMILES string of the molecule is Cc1ccc(NS(=O)(=O)c2[nH]ncc2C(=O)Nc2ccccc2)cc1. The van der Waals surface area contributed by atoms with Gasteiger partial charge in [-0.2, -0.15) is 13.5 Å². The van der Waals surface area contributed by atoms with Crippen molar-refractivity contribution in [2.45, 2.75) is 11.9 Å². The minimum absolute atomic E-state index is 0.0662. The molecule has 0 saturated carbocycles. The number of hydrogen-bond acceptors (Lipinski definition) is 4. The lowest BCUT2D eigenvalue weighted by Gasteiger charge is -2.09. The molecule has 0 radical (unpaired) electrons. The smallest absolute Gasteiger partial charge is 0.279 e. The number of aromatic nitrogens is 2. The fraction of sp³-hybridized carbons (Fsp3) is 0.0588. The molecule has 0 unspecified atom stereocenters. The molecule has 3 aromatic rings. The topological polar surface area (TPSA) is 104 Å². The summed E-state index contributed by atoms with van der Waals surface area (Å²) >= 11 is 0. The largest absolute Gasteiger partial charge is 0.322 e. The van der Waals surface area contributed by atoms with Crippen LogP contribution in [-0.2, 0) is 10.0 Å². The molecule has 2 aromatic carbocycles. The van der Waals surface area contributed by atoms with Crippen molar-refractivity contribution < 1.29 is 13.2 Å². The predicted molar refractivity (Wildman–Crippen MR) is 95.0 cm³/mol. The van der Waals surface area contributed by atoms with Gasteiger partial charge in [0.1, 0.15) is 0 Å². The Bertz CT molecular complexity index is 980. The number of carbonyl (C=O) groups excluding carboxylic acids is 1. The van der Waals surface area contributed by atoms with Gasteiger partial charge in [0, 0.05) is 11.4 Å². The maximum atomic E-state index is 12.6. The lowest BCUT2D eigenvalue weighted by Crippen LogP contribution is -2.19. The molecule has 1 amide bonds. The van der Waals surface area contributed by atoms with Crippen molar-refractivity contribution in [1.29, 1.82) is 0 Å². The molecular formula is C17H16N4O3S. The van der Waals surface area contributed by atoms with Gasteiger partial charge in [-0.1, -0.05) is 35.9 Å². The number of anilines is 2. The predicted octanol–water partition coefficient (Wildman–Crippen LogP) is 2.77. The average molecular weight is 356 g/mol. The van der Waals surface area contributed by atoms with Crippen molar-refractivity contribution in [3.05, 3.63) is 71.9 Å². The van der Waals surface area contributed by atoms with Gasteiger partial charge in [-0.05, 0) is 31.2 Å². The Hall–Kier alpha value is -3.13. The summed E-state index contributed by atoms with van der Waals surface area (Å²) in [6.45, 7) is 1.90. The van der Waals surface area contributed by atoms with E-state index < -0.39 is 15.9 Å². The zero-order valence-corrected chi connectivity index (χ0v) is 14.2. The molecule has 0 spiro atoms. The van der Waals surface area contributed by atoms with Gasteiger partial charge >= 0.3 is 0 Å². The van der Waals surface area contributed by atoms with Crippen LogP contribution >= 0.6 is 0 Å². The Morgan fingerprint density at radius 2 is 1.68 bits per heavy atom. The van der Waals surface area contributed by atoms with E-state index in [4.69, 9.17) is 0 Å². The first-order valence-electron chi connectivity index (χ1n) is 7.45. The van der Waals surface area contributed by atoms with Crippen LogP contribution in [0.3, 0.4) is 0 Å². The Labute approximate surface area is 145 Å². The van der Waals surface area contributed by atoms with E-state index in [1.165, 1.54) is 6.20 Å². The van der Waals surface area contributed by atoms with Gasteiger partial charge in [0.25, 0.3) is 15.9 Å². The summed E-state index contributed by atoms with van der Waals surface area (Å²) < 4.78 is 27.6. The molecule has 3 N–H and O–H groups in total. The quantitative estimate of drug-likeness (QED) is 0.654. The summed E-state index contributed by atoms with van der Waals surface area (Å²) in [5.74, 6) is -0.566. The van der Waals surface area contributed by atoms with Crippen LogP contribution in [0.15, 0.2) is 65.8 Å². The van der Waals surface area contributed by atoms with Crippen molar-refractivity contribution in [3.8, 4) is 0 Å². The third-order valence-corrected chi connectivity index (χ3v) is 4.81. The monoisotopic (exact) mass is 356 g/mol. The molecule has 0 aliphatic rings. The number of rotatable bonds is 5. The lowest BCUT2D eigenvalue weighted by molar-refractivity contribution is 0.102. The number of H-pyrrole nitrogens is 1. The molecule has 0 aliphatic heterocycles. The number of nitrogens with zero attached hydrogens (tertiary/aromatic N) is 1. The first-order chi connectivity index (χ1) is 12.0. The first-order valence-corrected chi connectivity index (χ1v) is 8.93. The number of hydrogen-bond donors (Lipinski definition) is 3. The maximum absolute atomic E-state index is 12.6. The number of sulfonamides is 1. The second-order valence-electron chi connectivity index (χ2n) is 5.40. The third kappa shape index (κ3) is 3.86. The highest BCUT2D eigenvalue weighted by Crippen LogP contribution is 2.19. The number of amides is 1. The zero-order chi connectivity index (χ0) is 17.9. The van der Waals surface area contributed by atoms with Crippen molar-refractivity contribution >= 4 is 27.3 Å². The number of nitrogens with one attached hydrogen (secondary N) is 3. The summed E-state index contributed by atoms with van der Waals surface area (Å²) in [5.41, 5.74) is 1.90.